The van der Waals surface area contributed by atoms with Crippen LogP contribution >= 0.6 is 11.6 Å². The van der Waals surface area contributed by atoms with Crippen molar-refractivity contribution in [2.45, 2.75) is 25.8 Å². The maximum atomic E-state index is 13.8. The van der Waals surface area contributed by atoms with Crippen LogP contribution in [0, 0.1) is 11.6 Å². The summed E-state index contributed by atoms with van der Waals surface area (Å²) in [5, 5.41) is 3.48. The first-order chi connectivity index (χ1) is 12.9. The Bertz CT molecular complexity index is 959. The number of nitrogens with zero attached hydrogens (tertiary/aromatic N) is 1. The molecule has 1 N–H and O–H groups in total. The van der Waals surface area contributed by atoms with Gasteiger partial charge in [-0.1, -0.05) is 23.7 Å². The summed E-state index contributed by atoms with van der Waals surface area (Å²) in [5.74, 6) is -1.07. The van der Waals surface area contributed by atoms with Crippen LogP contribution in [-0.2, 0) is 11.2 Å². The number of hydrogen-bond donors (Lipinski definition) is 1. The number of amides is 1. The number of aromatic nitrogens is 1. The number of hydrogen-bond acceptors (Lipinski definition) is 3. The van der Waals surface area contributed by atoms with Crippen molar-refractivity contribution >= 4 is 17.5 Å². The van der Waals surface area contributed by atoms with Gasteiger partial charge in [0, 0.05) is 23.9 Å². The van der Waals surface area contributed by atoms with Crippen LogP contribution in [0.15, 0.2) is 53.1 Å². The summed E-state index contributed by atoms with van der Waals surface area (Å²) in [6, 6.07) is 10.3. The lowest BCUT2D eigenvalue weighted by Gasteiger charge is -2.14. The van der Waals surface area contributed by atoms with Crippen molar-refractivity contribution in [2.75, 3.05) is 0 Å². The van der Waals surface area contributed by atoms with Crippen LogP contribution < -0.4 is 5.32 Å². The molecule has 1 atom stereocenters. The van der Waals surface area contributed by atoms with Crippen LogP contribution in [0.1, 0.15) is 30.8 Å². The van der Waals surface area contributed by atoms with E-state index in [9.17, 15) is 13.6 Å². The first-order valence-corrected chi connectivity index (χ1v) is 8.75. The number of halogens is 3. The Hall–Kier alpha value is -2.73. The standard InChI is InChI=1S/C20H17ClF2N2O2/c1-12(13-3-2-4-14(21)9-13)25-19(26)7-8-20-24-11-18(27-20)16-6-5-15(22)10-17(16)23/h2-6,9-12H,7-8H2,1H3,(H,25,26). The summed E-state index contributed by atoms with van der Waals surface area (Å²) < 4.78 is 32.3. The van der Waals surface area contributed by atoms with E-state index in [0.717, 1.165) is 17.7 Å². The van der Waals surface area contributed by atoms with E-state index in [1.807, 2.05) is 19.1 Å². The number of nitrogens with one attached hydrogen (secondary N) is 1. The molecule has 3 aromatic rings. The average Bonchev–Trinajstić information content (AvgIpc) is 3.08. The summed E-state index contributed by atoms with van der Waals surface area (Å²) in [7, 11) is 0. The lowest BCUT2D eigenvalue weighted by Crippen LogP contribution is -2.26. The van der Waals surface area contributed by atoms with E-state index in [0.29, 0.717) is 10.9 Å². The fourth-order valence-corrected chi connectivity index (χ4v) is 2.83. The third kappa shape index (κ3) is 4.92. The fourth-order valence-electron chi connectivity index (χ4n) is 2.63. The highest BCUT2D eigenvalue weighted by atomic mass is 35.5. The third-order valence-corrected chi connectivity index (χ3v) is 4.28. The molecule has 1 unspecified atom stereocenters. The Balaban J connectivity index is 1.57. The molecular formula is C20H17ClF2N2O2. The molecule has 0 aliphatic carbocycles. The molecule has 0 spiro atoms. The molecule has 3 rings (SSSR count). The van der Waals surface area contributed by atoms with Crippen molar-refractivity contribution in [3.8, 4) is 11.3 Å². The molecular weight excluding hydrogens is 374 g/mol. The lowest BCUT2D eigenvalue weighted by molar-refractivity contribution is -0.121. The van der Waals surface area contributed by atoms with Gasteiger partial charge in [-0.2, -0.15) is 0 Å². The van der Waals surface area contributed by atoms with E-state index in [2.05, 4.69) is 10.3 Å². The zero-order chi connectivity index (χ0) is 19.4. The van der Waals surface area contributed by atoms with Crippen molar-refractivity contribution in [1.82, 2.24) is 10.3 Å². The molecule has 0 saturated carbocycles. The Morgan fingerprint density at radius 3 is 2.81 bits per heavy atom. The van der Waals surface area contributed by atoms with Gasteiger partial charge < -0.3 is 9.73 Å². The van der Waals surface area contributed by atoms with Crippen LogP contribution in [0.2, 0.25) is 5.02 Å². The molecule has 27 heavy (non-hydrogen) atoms. The predicted molar refractivity (Wildman–Crippen MR) is 98.2 cm³/mol. The van der Waals surface area contributed by atoms with E-state index in [-0.39, 0.29) is 36.1 Å². The average molecular weight is 391 g/mol. The summed E-state index contributed by atoms with van der Waals surface area (Å²) in [4.78, 5) is 16.2. The molecule has 2 aromatic carbocycles. The van der Waals surface area contributed by atoms with Crippen LogP contribution in [0.25, 0.3) is 11.3 Å². The highest BCUT2D eigenvalue weighted by molar-refractivity contribution is 6.30. The molecule has 7 heteroatoms. The minimum atomic E-state index is -0.731. The summed E-state index contributed by atoms with van der Waals surface area (Å²) >= 11 is 5.96. The second-order valence-electron chi connectivity index (χ2n) is 6.09. The van der Waals surface area contributed by atoms with Gasteiger partial charge in [-0.25, -0.2) is 13.8 Å². The smallest absolute Gasteiger partial charge is 0.220 e. The first-order valence-electron chi connectivity index (χ1n) is 8.37. The maximum Gasteiger partial charge on any atom is 0.220 e. The summed E-state index contributed by atoms with van der Waals surface area (Å²) in [5.41, 5.74) is 1.02. The molecule has 0 radical (unpaired) electrons. The highest BCUT2D eigenvalue weighted by Gasteiger charge is 2.14. The Morgan fingerprint density at radius 1 is 1.26 bits per heavy atom. The Kier molecular flexibility index (Phi) is 5.86. The van der Waals surface area contributed by atoms with Crippen LogP contribution in [0.5, 0.6) is 0 Å². The Labute approximate surface area is 160 Å². The van der Waals surface area contributed by atoms with Gasteiger partial charge in [-0.05, 0) is 36.8 Å². The molecule has 1 aromatic heterocycles. The van der Waals surface area contributed by atoms with Crippen molar-refractivity contribution in [2.24, 2.45) is 0 Å². The predicted octanol–water partition coefficient (Wildman–Crippen LogP) is 5.08. The second-order valence-corrected chi connectivity index (χ2v) is 6.52. The maximum absolute atomic E-state index is 13.8. The minimum absolute atomic E-state index is 0.120. The van der Waals surface area contributed by atoms with Gasteiger partial charge in [0.05, 0.1) is 17.8 Å². The second kappa shape index (κ2) is 8.31. The van der Waals surface area contributed by atoms with E-state index in [4.69, 9.17) is 16.0 Å². The highest BCUT2D eigenvalue weighted by Crippen LogP contribution is 2.24. The van der Waals surface area contributed by atoms with Gasteiger partial charge in [0.1, 0.15) is 11.6 Å². The number of rotatable bonds is 6. The first kappa shape index (κ1) is 19.0. The number of aryl methyl sites for hydroxylation is 1. The van der Waals surface area contributed by atoms with Crippen molar-refractivity contribution in [3.05, 3.63) is 76.8 Å². The van der Waals surface area contributed by atoms with E-state index in [1.165, 1.54) is 12.3 Å². The van der Waals surface area contributed by atoms with E-state index < -0.39 is 11.6 Å². The van der Waals surface area contributed by atoms with Gasteiger partial charge in [-0.3, -0.25) is 4.79 Å². The number of carbonyl (C=O) groups is 1. The van der Waals surface area contributed by atoms with E-state index in [1.54, 1.807) is 12.1 Å². The molecule has 1 heterocycles. The largest absolute Gasteiger partial charge is 0.441 e. The van der Waals surface area contributed by atoms with Crippen LogP contribution in [0.3, 0.4) is 0 Å². The zero-order valence-electron chi connectivity index (χ0n) is 14.5. The van der Waals surface area contributed by atoms with Crippen molar-refractivity contribution in [3.63, 3.8) is 0 Å². The topological polar surface area (TPSA) is 55.1 Å². The van der Waals surface area contributed by atoms with Gasteiger partial charge in [0.15, 0.2) is 11.7 Å². The van der Waals surface area contributed by atoms with Gasteiger partial charge in [0.25, 0.3) is 0 Å². The lowest BCUT2D eigenvalue weighted by atomic mass is 10.1. The molecule has 140 valence electrons. The molecule has 0 saturated heterocycles. The number of carbonyl (C=O) groups excluding carboxylic acids is 1. The molecule has 0 aliphatic heterocycles. The van der Waals surface area contributed by atoms with Gasteiger partial charge in [-0.15, -0.1) is 0 Å². The van der Waals surface area contributed by atoms with Crippen LogP contribution in [0.4, 0.5) is 8.78 Å². The number of benzene rings is 2. The minimum Gasteiger partial charge on any atom is -0.441 e. The monoisotopic (exact) mass is 390 g/mol. The zero-order valence-corrected chi connectivity index (χ0v) is 15.3. The molecule has 4 nitrogen and oxygen atoms in total. The molecule has 1 amide bonds. The summed E-state index contributed by atoms with van der Waals surface area (Å²) in [6.45, 7) is 1.87. The van der Waals surface area contributed by atoms with Gasteiger partial charge >= 0.3 is 0 Å². The quantitative estimate of drug-likeness (QED) is 0.638. The van der Waals surface area contributed by atoms with E-state index >= 15 is 0 Å². The molecule has 0 aliphatic rings. The van der Waals surface area contributed by atoms with Gasteiger partial charge in [0.2, 0.25) is 5.91 Å². The van der Waals surface area contributed by atoms with Crippen LogP contribution in [-0.4, -0.2) is 10.9 Å². The third-order valence-electron chi connectivity index (χ3n) is 4.04. The summed E-state index contributed by atoms with van der Waals surface area (Å²) in [6.07, 6.45) is 1.78. The Morgan fingerprint density at radius 2 is 2.07 bits per heavy atom. The normalized spacial score (nSPS) is 12.0. The van der Waals surface area contributed by atoms with Crippen molar-refractivity contribution < 1.29 is 18.0 Å². The fraction of sp³-hybridized carbons (Fsp3) is 0.200. The van der Waals surface area contributed by atoms with Crippen molar-refractivity contribution in [1.29, 1.82) is 0 Å². The molecule has 0 bridgehead atoms. The molecule has 0 fully saturated rings. The number of oxazole rings is 1. The SMILES string of the molecule is CC(NC(=O)CCc1ncc(-c2ccc(F)cc2F)o1)c1cccc(Cl)c1.